The Balaban J connectivity index is 1.92. The molecule has 0 aliphatic carbocycles. The normalized spacial score (nSPS) is 10.6. The van der Waals surface area contributed by atoms with Crippen LogP contribution in [0.1, 0.15) is 23.4 Å². The monoisotopic (exact) mass is 404 g/mol. The lowest BCUT2D eigenvalue weighted by Gasteiger charge is -2.11. The number of aryl methyl sites for hydroxylation is 2. The van der Waals surface area contributed by atoms with E-state index in [1.807, 2.05) is 32.2 Å². The predicted molar refractivity (Wildman–Crippen MR) is 112 cm³/mol. The van der Waals surface area contributed by atoms with Gasteiger partial charge < -0.3 is 10.2 Å². The van der Waals surface area contributed by atoms with E-state index >= 15 is 0 Å². The summed E-state index contributed by atoms with van der Waals surface area (Å²) in [7, 11) is 3.43. The molecule has 0 fully saturated rings. The number of anilines is 1. The van der Waals surface area contributed by atoms with E-state index in [1.54, 1.807) is 26.2 Å². The minimum absolute atomic E-state index is 0.0350. The van der Waals surface area contributed by atoms with Gasteiger partial charge in [-0.2, -0.15) is 0 Å². The molecule has 2 aromatic rings. The number of carbonyl (C=O) groups excluding carboxylic acids is 2. The van der Waals surface area contributed by atoms with E-state index in [0.29, 0.717) is 18.5 Å². The Morgan fingerprint density at radius 2 is 1.67 bits per heavy atom. The number of nitrogens with zero attached hydrogens (tertiary/aromatic N) is 3. The number of hydrogen-bond acceptors (Lipinski definition) is 6. The van der Waals surface area contributed by atoms with Gasteiger partial charge in [0.25, 0.3) is 5.24 Å². The van der Waals surface area contributed by atoms with E-state index in [9.17, 15) is 9.59 Å². The second-order valence-electron chi connectivity index (χ2n) is 6.19. The Morgan fingerprint density at radius 1 is 1.07 bits per heavy atom. The van der Waals surface area contributed by atoms with Gasteiger partial charge in [-0.3, -0.25) is 9.59 Å². The molecule has 0 saturated heterocycles. The number of hydrogen-bond donors (Lipinski definition) is 1. The highest BCUT2D eigenvalue weighted by Crippen LogP contribution is 2.23. The SMILES string of the molecule is CSc1nc(C)c(CCC(=O)Nc2ccc(SC(=O)N(C)C)cc2)c(C)n1. The molecular formula is C19H24N4O2S2. The lowest BCUT2D eigenvalue weighted by Crippen LogP contribution is -2.16. The van der Waals surface area contributed by atoms with Crippen LogP contribution in [0.4, 0.5) is 10.5 Å². The minimum atomic E-state index is -0.0625. The molecule has 0 aliphatic rings. The summed E-state index contributed by atoms with van der Waals surface area (Å²) in [5.41, 5.74) is 3.58. The van der Waals surface area contributed by atoms with Gasteiger partial charge in [-0.05, 0) is 68.1 Å². The molecule has 6 nitrogen and oxygen atoms in total. The van der Waals surface area contributed by atoms with Crippen molar-refractivity contribution in [3.63, 3.8) is 0 Å². The second-order valence-corrected chi connectivity index (χ2v) is 7.99. The molecule has 1 aromatic heterocycles. The summed E-state index contributed by atoms with van der Waals surface area (Å²) < 4.78 is 0. The standard InChI is InChI=1S/C19H24N4O2S2/c1-12-16(13(2)21-18(20-12)26-5)10-11-17(24)22-14-6-8-15(9-7-14)27-19(25)23(3)4/h6-9H,10-11H2,1-5H3,(H,22,24). The molecule has 0 atom stereocenters. The molecule has 0 unspecified atom stereocenters. The number of rotatable bonds is 6. The molecule has 8 heteroatoms. The van der Waals surface area contributed by atoms with Gasteiger partial charge in [0.2, 0.25) is 5.91 Å². The fraction of sp³-hybridized carbons (Fsp3) is 0.368. The maximum absolute atomic E-state index is 12.3. The summed E-state index contributed by atoms with van der Waals surface area (Å²) in [6, 6.07) is 7.25. The number of thioether (sulfide) groups is 2. The van der Waals surface area contributed by atoms with Crippen LogP contribution in [0.3, 0.4) is 0 Å². The van der Waals surface area contributed by atoms with Crippen molar-refractivity contribution >= 4 is 40.4 Å². The van der Waals surface area contributed by atoms with Gasteiger partial charge >= 0.3 is 0 Å². The second kappa shape index (κ2) is 9.75. The topological polar surface area (TPSA) is 75.2 Å². The minimum Gasteiger partial charge on any atom is -0.339 e. The predicted octanol–water partition coefficient (Wildman–Crippen LogP) is 4.16. The average Bonchev–Trinajstić information content (AvgIpc) is 2.62. The van der Waals surface area contributed by atoms with Crippen LogP contribution in [0.15, 0.2) is 34.3 Å². The summed E-state index contributed by atoms with van der Waals surface area (Å²) in [6.07, 6.45) is 2.91. The first-order chi connectivity index (χ1) is 12.8. The van der Waals surface area contributed by atoms with Crippen LogP contribution in [-0.2, 0) is 11.2 Å². The third-order valence-electron chi connectivity index (χ3n) is 3.89. The first-order valence-electron chi connectivity index (χ1n) is 8.47. The molecule has 1 aromatic carbocycles. The Morgan fingerprint density at radius 3 is 2.19 bits per heavy atom. The molecule has 0 spiro atoms. The molecule has 2 amide bonds. The molecule has 1 heterocycles. The van der Waals surface area contributed by atoms with Gasteiger partial charge in [-0.25, -0.2) is 9.97 Å². The Labute approximate surface area is 168 Å². The highest BCUT2D eigenvalue weighted by molar-refractivity contribution is 8.13. The first kappa shape index (κ1) is 21.2. The van der Waals surface area contributed by atoms with E-state index in [1.165, 1.54) is 16.7 Å². The van der Waals surface area contributed by atoms with E-state index in [4.69, 9.17) is 0 Å². The summed E-state index contributed by atoms with van der Waals surface area (Å²) in [5.74, 6) is -0.0625. The van der Waals surface area contributed by atoms with Crippen LogP contribution in [-0.4, -0.2) is 46.4 Å². The van der Waals surface area contributed by atoms with E-state index < -0.39 is 0 Å². The van der Waals surface area contributed by atoms with Crippen molar-refractivity contribution in [1.29, 1.82) is 0 Å². The van der Waals surface area contributed by atoms with Crippen molar-refractivity contribution in [3.05, 3.63) is 41.2 Å². The maximum Gasteiger partial charge on any atom is 0.285 e. The Kier molecular flexibility index (Phi) is 7.67. The molecule has 1 N–H and O–H groups in total. The zero-order valence-electron chi connectivity index (χ0n) is 16.2. The van der Waals surface area contributed by atoms with Crippen molar-refractivity contribution in [2.45, 2.75) is 36.7 Å². The van der Waals surface area contributed by atoms with Crippen LogP contribution in [0.5, 0.6) is 0 Å². The van der Waals surface area contributed by atoms with E-state index in [0.717, 1.165) is 38.8 Å². The molecule has 27 heavy (non-hydrogen) atoms. The highest BCUT2D eigenvalue weighted by Gasteiger charge is 2.11. The Bertz CT molecular complexity index is 800. The summed E-state index contributed by atoms with van der Waals surface area (Å²) in [6.45, 7) is 3.90. The average molecular weight is 405 g/mol. The highest BCUT2D eigenvalue weighted by atomic mass is 32.2. The fourth-order valence-corrected chi connectivity index (χ4v) is 3.54. The quantitative estimate of drug-likeness (QED) is 0.575. The van der Waals surface area contributed by atoms with Crippen LogP contribution < -0.4 is 5.32 Å². The molecule has 0 radical (unpaired) electrons. The van der Waals surface area contributed by atoms with Crippen LogP contribution in [0.25, 0.3) is 0 Å². The van der Waals surface area contributed by atoms with Crippen molar-refractivity contribution in [2.24, 2.45) is 0 Å². The van der Waals surface area contributed by atoms with Crippen molar-refractivity contribution in [2.75, 3.05) is 25.7 Å². The van der Waals surface area contributed by atoms with Crippen molar-refractivity contribution in [1.82, 2.24) is 14.9 Å². The number of amides is 2. The van der Waals surface area contributed by atoms with Gasteiger partial charge in [0.1, 0.15) is 0 Å². The van der Waals surface area contributed by atoms with Crippen molar-refractivity contribution < 1.29 is 9.59 Å². The first-order valence-corrected chi connectivity index (χ1v) is 10.5. The van der Waals surface area contributed by atoms with Gasteiger partial charge in [-0.1, -0.05) is 11.8 Å². The molecule has 0 saturated carbocycles. The van der Waals surface area contributed by atoms with Gasteiger partial charge in [0.05, 0.1) is 0 Å². The third-order valence-corrected chi connectivity index (χ3v) is 5.49. The van der Waals surface area contributed by atoms with E-state index in [-0.39, 0.29) is 11.1 Å². The largest absolute Gasteiger partial charge is 0.339 e. The zero-order valence-corrected chi connectivity index (χ0v) is 17.8. The van der Waals surface area contributed by atoms with Crippen LogP contribution in [0.2, 0.25) is 0 Å². The third kappa shape index (κ3) is 6.25. The fourth-order valence-electron chi connectivity index (χ4n) is 2.42. The molecule has 144 valence electrons. The summed E-state index contributed by atoms with van der Waals surface area (Å²) in [5, 5.41) is 3.61. The van der Waals surface area contributed by atoms with Crippen molar-refractivity contribution in [3.8, 4) is 0 Å². The van der Waals surface area contributed by atoms with Crippen LogP contribution in [0, 0.1) is 13.8 Å². The molecular weight excluding hydrogens is 380 g/mol. The summed E-state index contributed by atoms with van der Waals surface area (Å²) >= 11 is 2.66. The van der Waals surface area contributed by atoms with E-state index in [2.05, 4.69) is 15.3 Å². The van der Waals surface area contributed by atoms with Gasteiger partial charge in [0, 0.05) is 42.5 Å². The smallest absolute Gasteiger partial charge is 0.285 e. The van der Waals surface area contributed by atoms with Crippen LogP contribution >= 0.6 is 23.5 Å². The summed E-state index contributed by atoms with van der Waals surface area (Å²) in [4.78, 5) is 35.2. The molecule has 0 bridgehead atoms. The maximum atomic E-state index is 12.3. The Hall–Kier alpha value is -2.06. The molecule has 0 aliphatic heterocycles. The van der Waals surface area contributed by atoms with Gasteiger partial charge in [0.15, 0.2) is 5.16 Å². The number of nitrogens with one attached hydrogen (secondary N) is 1. The number of benzene rings is 1. The van der Waals surface area contributed by atoms with Gasteiger partial charge in [-0.15, -0.1) is 0 Å². The lowest BCUT2D eigenvalue weighted by atomic mass is 10.1. The lowest BCUT2D eigenvalue weighted by molar-refractivity contribution is -0.116. The number of aromatic nitrogens is 2. The molecule has 2 rings (SSSR count). The zero-order chi connectivity index (χ0) is 20.0. The number of carbonyl (C=O) groups is 2.